The fraction of sp³-hybridized carbons (Fsp3) is 0.750. The predicted octanol–water partition coefficient (Wildman–Crippen LogP) is 1.82. The molecule has 0 aliphatic carbocycles. The molecule has 0 spiro atoms. The molecule has 1 radical (unpaired) electrons. The van der Waals surface area contributed by atoms with Crippen LogP contribution in [0.4, 0.5) is 0 Å². The molecule has 0 amide bonds. The molecule has 0 atom stereocenters. The number of hydrogen-bond donors (Lipinski definition) is 0. The van der Waals surface area contributed by atoms with Crippen LogP contribution in [0.25, 0.3) is 0 Å². The van der Waals surface area contributed by atoms with Crippen molar-refractivity contribution in [3.8, 4) is 0 Å². The van der Waals surface area contributed by atoms with Crippen LogP contribution in [0.1, 0.15) is 0 Å². The summed E-state index contributed by atoms with van der Waals surface area (Å²) in [7, 11) is 0.120. The van der Waals surface area contributed by atoms with Gasteiger partial charge in [0.2, 0.25) is 0 Å². The van der Waals surface area contributed by atoms with Gasteiger partial charge in [-0.2, -0.15) is 0 Å². The van der Waals surface area contributed by atoms with Crippen molar-refractivity contribution in [3.05, 3.63) is 7.43 Å². The summed E-state index contributed by atoms with van der Waals surface area (Å²) in [6, 6.07) is 0. The molecule has 0 aromatic heterocycles. The minimum atomic E-state index is 0. The van der Waals surface area contributed by atoms with Crippen molar-refractivity contribution in [1.82, 2.24) is 0 Å². The third-order valence-electron chi connectivity index (χ3n) is 0. The zero-order valence-electron chi connectivity index (χ0n) is 5.21. The molecular weight excluding hydrogens is 142 g/mol. The Hall–Kier alpha value is 0.840. The van der Waals surface area contributed by atoms with Gasteiger partial charge in [-0.05, 0) is 0 Å². The Labute approximate surface area is 55.7 Å². The summed E-state index contributed by atoms with van der Waals surface area (Å²) in [6.45, 7) is 6.81. The Balaban J connectivity index is -0.0000000450. The van der Waals surface area contributed by atoms with Gasteiger partial charge < -0.3 is 7.43 Å². The van der Waals surface area contributed by atoms with E-state index in [9.17, 15) is 0 Å². The maximum Gasteiger partial charge on any atom is 0.0379 e. The van der Waals surface area contributed by atoms with Crippen molar-refractivity contribution < 1.29 is 19.5 Å². The summed E-state index contributed by atoms with van der Waals surface area (Å²) in [6.07, 6.45) is 0. The van der Waals surface area contributed by atoms with Crippen molar-refractivity contribution in [2.75, 3.05) is 0 Å². The fourth-order valence-corrected chi connectivity index (χ4v) is 0. The summed E-state index contributed by atoms with van der Waals surface area (Å²) >= 11 is 0. The average molecular weight is 154 g/mol. The second-order valence-corrected chi connectivity index (χ2v) is 4.50. The Kier molecular flexibility index (Phi) is 24.5. The van der Waals surface area contributed by atoms with Crippen LogP contribution in [0.15, 0.2) is 0 Å². The molecule has 6 heavy (non-hydrogen) atoms. The van der Waals surface area contributed by atoms with Crippen LogP contribution in [0, 0.1) is 7.43 Å². The first-order chi connectivity index (χ1) is 1.73. The van der Waals surface area contributed by atoms with Gasteiger partial charge in [0.1, 0.15) is 0 Å². The van der Waals surface area contributed by atoms with E-state index in [0.717, 1.165) is 0 Å². The van der Waals surface area contributed by atoms with Crippen LogP contribution in [0.5, 0.6) is 0 Å². The molecule has 0 unspecified atom stereocenters. The first kappa shape index (κ1) is 15.8. The van der Waals surface area contributed by atoms with E-state index in [4.69, 9.17) is 0 Å². The fourth-order valence-electron chi connectivity index (χ4n) is 0. The number of hydrogen-bond acceptors (Lipinski definition) is 0. The summed E-state index contributed by atoms with van der Waals surface area (Å²) in [5.41, 5.74) is 0. The third kappa shape index (κ3) is 101. The first-order valence-corrected chi connectivity index (χ1v) is 4.50. The molecule has 0 saturated heterocycles. The number of rotatable bonds is 0. The minimum Gasteiger partial charge on any atom is -0.358 e. The van der Waals surface area contributed by atoms with Crippen molar-refractivity contribution in [1.29, 1.82) is 0 Å². The Bertz CT molecular complexity index is 12.3. The topological polar surface area (TPSA) is 0 Å². The maximum atomic E-state index is 2.27. The van der Waals surface area contributed by atoms with E-state index in [1.807, 2.05) is 0 Å². The monoisotopic (exact) mass is 152 g/mol. The van der Waals surface area contributed by atoms with E-state index < -0.39 is 0 Å². The maximum absolute atomic E-state index is 2.27. The van der Waals surface area contributed by atoms with Gasteiger partial charge in [-0.25, -0.2) is 0 Å². The van der Waals surface area contributed by atoms with Crippen LogP contribution in [-0.4, -0.2) is 8.80 Å². The smallest absolute Gasteiger partial charge is 0.0379 e. The van der Waals surface area contributed by atoms with Crippen LogP contribution in [0.3, 0.4) is 0 Å². The van der Waals surface area contributed by atoms with E-state index >= 15 is 0 Å². The molecular formula is C4H12SiZn-. The molecule has 0 saturated carbocycles. The van der Waals surface area contributed by atoms with Gasteiger partial charge in [0.05, 0.1) is 0 Å². The van der Waals surface area contributed by atoms with Gasteiger partial charge in [-0.1, -0.05) is 19.6 Å². The quantitative estimate of drug-likeness (QED) is 0.368. The molecule has 0 N–H and O–H groups in total. The largest absolute Gasteiger partial charge is 0.358 e. The van der Waals surface area contributed by atoms with E-state index in [1.165, 1.54) is 0 Å². The summed E-state index contributed by atoms with van der Waals surface area (Å²) in [5.74, 6) is 0. The average Bonchev–Trinajstić information content (AvgIpc) is 0.811. The van der Waals surface area contributed by atoms with Gasteiger partial charge in [0.15, 0.2) is 0 Å². The standard InChI is InChI=1S/C3H9Si.CH3.Zn/c1-4(2)3;;/h1-3H3;1H3;/q;-1;. The molecule has 0 aliphatic heterocycles. The Morgan fingerprint density at radius 3 is 1.00 bits per heavy atom. The second kappa shape index (κ2) is 9.28. The molecule has 0 rings (SSSR count). The Morgan fingerprint density at radius 1 is 1.00 bits per heavy atom. The zero-order valence-corrected chi connectivity index (χ0v) is 9.17. The molecule has 0 aromatic carbocycles. The van der Waals surface area contributed by atoms with Crippen LogP contribution < -0.4 is 0 Å². The zero-order chi connectivity index (χ0) is 3.58. The molecule has 0 bridgehead atoms. The van der Waals surface area contributed by atoms with Crippen molar-refractivity contribution >= 4 is 8.80 Å². The molecule has 35 valence electrons. The van der Waals surface area contributed by atoms with Gasteiger partial charge in [-0.3, -0.25) is 0 Å². The Morgan fingerprint density at radius 2 is 1.00 bits per heavy atom. The summed E-state index contributed by atoms with van der Waals surface area (Å²) in [4.78, 5) is 0. The molecule has 0 aromatic rings. The van der Waals surface area contributed by atoms with E-state index in [0.29, 0.717) is 0 Å². The van der Waals surface area contributed by atoms with Crippen molar-refractivity contribution in [2.45, 2.75) is 19.6 Å². The van der Waals surface area contributed by atoms with Gasteiger partial charge in [0.25, 0.3) is 0 Å². The van der Waals surface area contributed by atoms with Crippen LogP contribution in [0.2, 0.25) is 19.6 Å². The van der Waals surface area contributed by atoms with Crippen LogP contribution >= 0.6 is 0 Å². The van der Waals surface area contributed by atoms with E-state index in [-0.39, 0.29) is 35.7 Å². The molecule has 0 fully saturated rings. The SMILES string of the molecule is C[Si](C)C.[CH3-].[Zn]. The third-order valence-corrected chi connectivity index (χ3v) is 0. The van der Waals surface area contributed by atoms with Gasteiger partial charge >= 0.3 is 0 Å². The van der Waals surface area contributed by atoms with E-state index in [1.54, 1.807) is 0 Å². The van der Waals surface area contributed by atoms with Crippen LogP contribution in [-0.2, 0) is 19.5 Å². The van der Waals surface area contributed by atoms with Gasteiger partial charge in [-0.15, -0.1) is 0 Å². The summed E-state index contributed by atoms with van der Waals surface area (Å²) < 4.78 is 0. The second-order valence-electron chi connectivity index (χ2n) is 1.50. The van der Waals surface area contributed by atoms with E-state index in [2.05, 4.69) is 19.6 Å². The van der Waals surface area contributed by atoms with Gasteiger partial charge in [0, 0.05) is 28.3 Å². The van der Waals surface area contributed by atoms with Crippen molar-refractivity contribution in [2.24, 2.45) is 0 Å². The molecule has 0 heterocycles. The minimum absolute atomic E-state index is 0. The molecule has 0 aliphatic rings. The molecule has 2 heteroatoms. The summed E-state index contributed by atoms with van der Waals surface area (Å²) in [5, 5.41) is 0. The van der Waals surface area contributed by atoms with Crippen molar-refractivity contribution in [3.63, 3.8) is 0 Å². The predicted molar refractivity (Wildman–Crippen MR) is 29.8 cm³/mol. The molecule has 0 nitrogen and oxygen atoms in total. The first-order valence-electron chi connectivity index (χ1n) is 1.50. The normalized spacial score (nSPS) is 6.00.